The third-order valence-corrected chi connectivity index (χ3v) is 3.50. The lowest BCUT2D eigenvalue weighted by Crippen LogP contribution is -2.29. The number of nitrogens with zero attached hydrogens (tertiary/aromatic N) is 3. The van der Waals surface area contributed by atoms with Gasteiger partial charge in [-0.1, -0.05) is 6.92 Å². The highest BCUT2D eigenvalue weighted by Gasteiger charge is 2.30. The minimum atomic E-state index is 0.568. The molecule has 2 rings (SSSR count). The fourth-order valence-corrected chi connectivity index (χ4v) is 2.70. The van der Waals surface area contributed by atoms with Gasteiger partial charge in [0.25, 0.3) is 0 Å². The lowest BCUT2D eigenvalue weighted by Gasteiger charge is -2.24. The molecule has 1 saturated heterocycles. The van der Waals surface area contributed by atoms with Gasteiger partial charge in [-0.05, 0) is 33.1 Å². The van der Waals surface area contributed by atoms with E-state index in [-0.39, 0.29) is 0 Å². The Hall–Kier alpha value is -1.19. The smallest absolute Gasteiger partial charge is 0.150 e. The van der Waals surface area contributed by atoms with Gasteiger partial charge >= 0.3 is 0 Å². The SMILES string of the molecule is CCn1nc(C)c(N)c1N1CC(C)CC1C. The lowest BCUT2D eigenvalue weighted by atomic mass is 10.1. The first kappa shape index (κ1) is 11.3. The van der Waals surface area contributed by atoms with Crippen LogP contribution in [0.15, 0.2) is 0 Å². The van der Waals surface area contributed by atoms with Gasteiger partial charge in [0.2, 0.25) is 0 Å². The first-order valence-corrected chi connectivity index (χ1v) is 6.14. The molecule has 2 N–H and O–H groups in total. The van der Waals surface area contributed by atoms with Gasteiger partial charge in [-0.2, -0.15) is 5.10 Å². The van der Waals surface area contributed by atoms with Crippen LogP contribution in [0.4, 0.5) is 11.5 Å². The summed E-state index contributed by atoms with van der Waals surface area (Å²) in [5.41, 5.74) is 7.94. The molecular weight excluding hydrogens is 200 g/mol. The Bertz CT molecular complexity index is 383. The van der Waals surface area contributed by atoms with Gasteiger partial charge in [0, 0.05) is 19.1 Å². The minimum Gasteiger partial charge on any atom is -0.394 e. The Morgan fingerprint density at radius 3 is 2.62 bits per heavy atom. The predicted octanol–water partition coefficient (Wildman–Crippen LogP) is 2.03. The molecule has 2 heterocycles. The number of aromatic nitrogens is 2. The molecule has 0 bridgehead atoms. The van der Waals surface area contributed by atoms with E-state index in [9.17, 15) is 0 Å². The number of anilines is 2. The summed E-state index contributed by atoms with van der Waals surface area (Å²) >= 11 is 0. The zero-order valence-electron chi connectivity index (χ0n) is 10.7. The van der Waals surface area contributed by atoms with Gasteiger partial charge in [-0.3, -0.25) is 0 Å². The molecule has 1 fully saturated rings. The van der Waals surface area contributed by atoms with Crippen molar-refractivity contribution in [3.8, 4) is 0 Å². The first-order valence-electron chi connectivity index (χ1n) is 6.14. The molecule has 4 nitrogen and oxygen atoms in total. The van der Waals surface area contributed by atoms with Crippen molar-refractivity contribution >= 4 is 11.5 Å². The molecule has 1 aromatic rings. The highest BCUT2D eigenvalue weighted by atomic mass is 15.4. The lowest BCUT2D eigenvalue weighted by molar-refractivity contribution is 0.617. The average molecular weight is 222 g/mol. The van der Waals surface area contributed by atoms with Crippen molar-refractivity contribution < 1.29 is 0 Å². The molecule has 90 valence electrons. The van der Waals surface area contributed by atoms with Crippen LogP contribution in [0.2, 0.25) is 0 Å². The maximum absolute atomic E-state index is 6.14. The van der Waals surface area contributed by atoms with Gasteiger partial charge in [0.15, 0.2) is 5.82 Å². The molecule has 0 aromatic carbocycles. The molecule has 1 aromatic heterocycles. The van der Waals surface area contributed by atoms with E-state index < -0.39 is 0 Å². The Kier molecular flexibility index (Phi) is 2.82. The zero-order chi connectivity index (χ0) is 11.9. The largest absolute Gasteiger partial charge is 0.394 e. The second kappa shape index (κ2) is 4.00. The van der Waals surface area contributed by atoms with Crippen molar-refractivity contribution in [3.63, 3.8) is 0 Å². The van der Waals surface area contributed by atoms with Crippen LogP contribution in [0.25, 0.3) is 0 Å². The molecular formula is C12H22N4. The fourth-order valence-electron chi connectivity index (χ4n) is 2.70. The number of hydrogen-bond acceptors (Lipinski definition) is 3. The van der Waals surface area contributed by atoms with Crippen LogP contribution in [0, 0.1) is 12.8 Å². The number of nitrogens with two attached hydrogens (primary N) is 1. The molecule has 0 aliphatic carbocycles. The molecule has 0 amide bonds. The van der Waals surface area contributed by atoms with Crippen molar-refractivity contribution in [2.75, 3.05) is 17.2 Å². The zero-order valence-corrected chi connectivity index (χ0v) is 10.7. The topological polar surface area (TPSA) is 47.1 Å². The van der Waals surface area contributed by atoms with Gasteiger partial charge in [0.1, 0.15) is 0 Å². The van der Waals surface area contributed by atoms with E-state index in [1.54, 1.807) is 0 Å². The van der Waals surface area contributed by atoms with E-state index in [4.69, 9.17) is 5.73 Å². The second-order valence-corrected chi connectivity index (χ2v) is 4.98. The molecule has 0 saturated carbocycles. The summed E-state index contributed by atoms with van der Waals surface area (Å²) in [7, 11) is 0. The molecule has 0 spiro atoms. The maximum atomic E-state index is 6.14. The van der Waals surface area contributed by atoms with Crippen molar-refractivity contribution in [2.45, 2.75) is 46.7 Å². The third kappa shape index (κ3) is 1.66. The van der Waals surface area contributed by atoms with Gasteiger partial charge in [-0.25, -0.2) is 4.68 Å². The molecule has 2 atom stereocenters. The quantitative estimate of drug-likeness (QED) is 0.833. The summed E-state index contributed by atoms with van der Waals surface area (Å²) in [6.07, 6.45) is 1.24. The summed E-state index contributed by atoms with van der Waals surface area (Å²) < 4.78 is 2.03. The predicted molar refractivity (Wildman–Crippen MR) is 67.6 cm³/mol. The number of hydrogen-bond donors (Lipinski definition) is 1. The fraction of sp³-hybridized carbons (Fsp3) is 0.750. The van der Waals surface area contributed by atoms with Crippen LogP contribution in [-0.2, 0) is 6.54 Å². The summed E-state index contributed by atoms with van der Waals surface area (Å²) in [5, 5.41) is 4.48. The number of nitrogen functional groups attached to an aromatic ring is 1. The van der Waals surface area contributed by atoms with Crippen LogP contribution < -0.4 is 10.6 Å². The van der Waals surface area contributed by atoms with E-state index in [0.29, 0.717) is 6.04 Å². The average Bonchev–Trinajstić information content (AvgIpc) is 2.69. The number of rotatable bonds is 2. The first-order chi connectivity index (χ1) is 7.54. The van der Waals surface area contributed by atoms with E-state index in [1.165, 1.54) is 6.42 Å². The molecule has 4 heteroatoms. The normalized spacial score (nSPS) is 25.4. The second-order valence-electron chi connectivity index (χ2n) is 4.98. The highest BCUT2D eigenvalue weighted by Crippen LogP contribution is 2.34. The van der Waals surface area contributed by atoms with E-state index in [1.807, 2.05) is 11.6 Å². The molecule has 1 aliphatic heterocycles. The van der Waals surface area contributed by atoms with Gasteiger partial charge in [0.05, 0.1) is 11.4 Å². The molecule has 1 aliphatic rings. The third-order valence-electron chi connectivity index (χ3n) is 3.50. The summed E-state index contributed by atoms with van der Waals surface area (Å²) in [6.45, 7) is 10.6. The van der Waals surface area contributed by atoms with Crippen molar-refractivity contribution in [1.82, 2.24) is 9.78 Å². The molecule has 0 radical (unpaired) electrons. The Morgan fingerprint density at radius 2 is 2.12 bits per heavy atom. The summed E-state index contributed by atoms with van der Waals surface area (Å²) in [4.78, 5) is 2.41. The monoisotopic (exact) mass is 222 g/mol. The Labute approximate surface area is 97.4 Å². The van der Waals surface area contributed by atoms with E-state index >= 15 is 0 Å². The van der Waals surface area contributed by atoms with Crippen LogP contribution in [0.3, 0.4) is 0 Å². The highest BCUT2D eigenvalue weighted by molar-refractivity contribution is 5.67. The summed E-state index contributed by atoms with van der Waals surface area (Å²) in [6, 6.07) is 0.568. The Balaban J connectivity index is 2.39. The van der Waals surface area contributed by atoms with Crippen LogP contribution in [-0.4, -0.2) is 22.4 Å². The van der Waals surface area contributed by atoms with Crippen molar-refractivity contribution in [2.24, 2.45) is 5.92 Å². The van der Waals surface area contributed by atoms with Gasteiger partial charge < -0.3 is 10.6 Å². The van der Waals surface area contributed by atoms with E-state index in [0.717, 1.165) is 36.2 Å². The standard InChI is InChI=1S/C12H22N4/c1-5-16-12(11(13)10(4)14-16)15-7-8(2)6-9(15)3/h8-9H,5-7,13H2,1-4H3. The maximum Gasteiger partial charge on any atom is 0.150 e. The van der Waals surface area contributed by atoms with E-state index in [2.05, 4.69) is 30.8 Å². The van der Waals surface area contributed by atoms with Crippen LogP contribution in [0.5, 0.6) is 0 Å². The van der Waals surface area contributed by atoms with Gasteiger partial charge in [-0.15, -0.1) is 0 Å². The van der Waals surface area contributed by atoms with Crippen LogP contribution >= 0.6 is 0 Å². The van der Waals surface area contributed by atoms with Crippen molar-refractivity contribution in [3.05, 3.63) is 5.69 Å². The molecule has 16 heavy (non-hydrogen) atoms. The Morgan fingerprint density at radius 1 is 1.44 bits per heavy atom. The number of aryl methyl sites for hydroxylation is 2. The van der Waals surface area contributed by atoms with Crippen molar-refractivity contribution in [1.29, 1.82) is 0 Å². The van der Waals surface area contributed by atoms with Crippen LogP contribution in [0.1, 0.15) is 32.9 Å². The molecule has 2 unspecified atom stereocenters. The summed E-state index contributed by atoms with van der Waals surface area (Å²) in [5.74, 6) is 1.87. The minimum absolute atomic E-state index is 0.568.